The maximum absolute atomic E-state index is 12.3. The number of amides is 1. The second-order valence-electron chi connectivity index (χ2n) is 4.61. The molecule has 0 atom stereocenters. The summed E-state index contributed by atoms with van der Waals surface area (Å²) in [6.07, 6.45) is 1.46. The van der Waals surface area contributed by atoms with Crippen LogP contribution < -0.4 is 16.6 Å². The van der Waals surface area contributed by atoms with Crippen molar-refractivity contribution in [2.75, 3.05) is 10.7 Å². The lowest BCUT2D eigenvalue weighted by molar-refractivity contribution is 0.102. The smallest absolute Gasteiger partial charge is 0.259 e. The molecule has 0 aliphatic heterocycles. The van der Waals surface area contributed by atoms with Gasteiger partial charge in [-0.1, -0.05) is 6.07 Å². The van der Waals surface area contributed by atoms with Crippen molar-refractivity contribution in [1.82, 2.24) is 4.98 Å². The number of nitriles is 1. The molecule has 0 saturated carbocycles. The molecule has 1 heterocycles. The van der Waals surface area contributed by atoms with Crippen LogP contribution >= 0.6 is 0 Å². The molecule has 2 aromatic rings. The normalized spacial score (nSPS) is 9.81. The zero-order chi connectivity index (χ0) is 15.4. The van der Waals surface area contributed by atoms with E-state index in [2.05, 4.69) is 15.7 Å². The molecule has 0 saturated heterocycles. The number of aryl methyl sites for hydroxylation is 2. The van der Waals surface area contributed by atoms with E-state index in [1.165, 1.54) is 6.20 Å². The highest BCUT2D eigenvalue weighted by Crippen LogP contribution is 2.20. The number of hydrogen-bond acceptors (Lipinski definition) is 5. The molecule has 1 aromatic heterocycles. The van der Waals surface area contributed by atoms with Gasteiger partial charge >= 0.3 is 0 Å². The molecular formula is C15H15N5O. The van der Waals surface area contributed by atoms with E-state index in [0.717, 1.165) is 11.3 Å². The lowest BCUT2D eigenvalue weighted by Gasteiger charge is -2.11. The van der Waals surface area contributed by atoms with E-state index in [0.29, 0.717) is 22.5 Å². The number of hydrogen-bond donors (Lipinski definition) is 3. The molecule has 0 aliphatic carbocycles. The predicted molar refractivity (Wildman–Crippen MR) is 80.6 cm³/mol. The summed E-state index contributed by atoms with van der Waals surface area (Å²) in [5, 5.41) is 11.7. The van der Waals surface area contributed by atoms with Gasteiger partial charge in [0.1, 0.15) is 0 Å². The van der Waals surface area contributed by atoms with Gasteiger partial charge in [-0.3, -0.25) is 15.6 Å². The van der Waals surface area contributed by atoms with Crippen LogP contribution in [0.5, 0.6) is 0 Å². The molecule has 0 unspecified atom stereocenters. The fourth-order valence-corrected chi connectivity index (χ4v) is 1.88. The van der Waals surface area contributed by atoms with Gasteiger partial charge in [0, 0.05) is 17.6 Å². The third-order valence-electron chi connectivity index (χ3n) is 3.06. The van der Waals surface area contributed by atoms with Gasteiger partial charge in [-0.15, -0.1) is 0 Å². The van der Waals surface area contributed by atoms with Crippen LogP contribution in [-0.4, -0.2) is 10.9 Å². The van der Waals surface area contributed by atoms with E-state index in [-0.39, 0.29) is 5.91 Å². The van der Waals surface area contributed by atoms with Gasteiger partial charge in [0.15, 0.2) is 0 Å². The molecule has 0 radical (unpaired) electrons. The molecule has 106 valence electrons. The Labute approximate surface area is 122 Å². The lowest BCUT2D eigenvalue weighted by Crippen LogP contribution is -2.18. The molecule has 6 nitrogen and oxygen atoms in total. The van der Waals surface area contributed by atoms with Crippen molar-refractivity contribution in [3.05, 3.63) is 52.8 Å². The van der Waals surface area contributed by atoms with Crippen LogP contribution in [-0.2, 0) is 0 Å². The number of nitrogens with two attached hydrogens (primary N) is 1. The Kier molecular flexibility index (Phi) is 4.16. The van der Waals surface area contributed by atoms with Crippen molar-refractivity contribution >= 4 is 17.3 Å². The molecule has 0 spiro atoms. The monoisotopic (exact) mass is 281 g/mol. The number of anilines is 2. The van der Waals surface area contributed by atoms with E-state index in [4.69, 9.17) is 11.1 Å². The van der Waals surface area contributed by atoms with E-state index in [1.54, 1.807) is 24.3 Å². The summed E-state index contributed by atoms with van der Waals surface area (Å²) in [5.74, 6) is 5.09. The number of nitrogens with zero attached hydrogens (tertiary/aromatic N) is 2. The summed E-state index contributed by atoms with van der Waals surface area (Å²) in [4.78, 5) is 16.4. The summed E-state index contributed by atoms with van der Waals surface area (Å²) >= 11 is 0. The zero-order valence-corrected chi connectivity index (χ0v) is 11.8. The number of rotatable bonds is 3. The zero-order valence-electron chi connectivity index (χ0n) is 11.8. The Morgan fingerprint density at radius 2 is 2.05 bits per heavy atom. The summed E-state index contributed by atoms with van der Waals surface area (Å²) in [6, 6.07) is 8.84. The number of hydrazine groups is 1. The SMILES string of the molecule is Cc1cc(NN)c(C(=O)Nc2cc(C#N)ccc2C)cn1. The minimum atomic E-state index is -0.339. The van der Waals surface area contributed by atoms with Crippen molar-refractivity contribution < 1.29 is 4.79 Å². The Balaban J connectivity index is 2.32. The minimum Gasteiger partial charge on any atom is -0.323 e. The largest absolute Gasteiger partial charge is 0.323 e. The van der Waals surface area contributed by atoms with Gasteiger partial charge in [-0.05, 0) is 37.6 Å². The molecule has 4 N–H and O–H groups in total. The highest BCUT2D eigenvalue weighted by molar-refractivity contribution is 6.08. The van der Waals surface area contributed by atoms with Crippen molar-refractivity contribution in [3.8, 4) is 6.07 Å². The predicted octanol–water partition coefficient (Wildman–Crippen LogP) is 2.11. The maximum Gasteiger partial charge on any atom is 0.259 e. The Hall–Kier alpha value is -2.91. The number of pyridine rings is 1. The first kappa shape index (κ1) is 14.5. The van der Waals surface area contributed by atoms with Crippen molar-refractivity contribution in [1.29, 1.82) is 5.26 Å². The third kappa shape index (κ3) is 3.16. The fraction of sp³-hybridized carbons (Fsp3) is 0.133. The number of benzene rings is 1. The first-order valence-electron chi connectivity index (χ1n) is 6.30. The average molecular weight is 281 g/mol. The Bertz CT molecular complexity index is 733. The van der Waals surface area contributed by atoms with Gasteiger partial charge in [0.05, 0.1) is 22.9 Å². The van der Waals surface area contributed by atoms with Crippen LogP contribution in [0.15, 0.2) is 30.5 Å². The Morgan fingerprint density at radius 1 is 1.29 bits per heavy atom. The molecule has 1 amide bonds. The molecule has 21 heavy (non-hydrogen) atoms. The molecule has 0 bridgehead atoms. The van der Waals surface area contributed by atoms with Crippen molar-refractivity contribution in [2.45, 2.75) is 13.8 Å². The first-order valence-corrected chi connectivity index (χ1v) is 6.30. The molecule has 6 heteroatoms. The van der Waals surface area contributed by atoms with Crippen LogP contribution in [0.2, 0.25) is 0 Å². The number of carbonyl (C=O) groups is 1. The highest BCUT2D eigenvalue weighted by atomic mass is 16.1. The minimum absolute atomic E-state index is 0.338. The quantitative estimate of drug-likeness (QED) is 0.590. The summed E-state index contributed by atoms with van der Waals surface area (Å²) in [5.41, 5.74) is 6.00. The van der Waals surface area contributed by atoms with E-state index >= 15 is 0 Å². The number of aromatic nitrogens is 1. The molecule has 2 rings (SSSR count). The van der Waals surface area contributed by atoms with Crippen LogP contribution in [0.3, 0.4) is 0 Å². The molecule has 0 fully saturated rings. The standard InChI is InChI=1S/C15H15N5O/c1-9-3-4-11(7-16)6-13(9)19-15(21)12-8-18-10(2)5-14(12)20-17/h3-6,8H,17H2,1-2H3,(H,18,20)(H,19,21). The summed E-state index contributed by atoms with van der Waals surface area (Å²) in [7, 11) is 0. The molecule has 0 aliphatic rings. The van der Waals surface area contributed by atoms with Gasteiger partial charge in [-0.2, -0.15) is 5.26 Å². The molecular weight excluding hydrogens is 266 g/mol. The van der Waals surface area contributed by atoms with Crippen LogP contribution in [0.1, 0.15) is 27.2 Å². The van der Waals surface area contributed by atoms with Gasteiger partial charge in [-0.25, -0.2) is 0 Å². The highest BCUT2D eigenvalue weighted by Gasteiger charge is 2.13. The number of carbonyl (C=O) groups excluding carboxylic acids is 1. The second kappa shape index (κ2) is 6.03. The average Bonchev–Trinajstić information content (AvgIpc) is 2.49. The molecule has 1 aromatic carbocycles. The fourth-order valence-electron chi connectivity index (χ4n) is 1.88. The topological polar surface area (TPSA) is 104 Å². The van der Waals surface area contributed by atoms with E-state index in [1.807, 2.05) is 19.9 Å². The second-order valence-corrected chi connectivity index (χ2v) is 4.61. The lowest BCUT2D eigenvalue weighted by atomic mass is 10.1. The van der Waals surface area contributed by atoms with E-state index in [9.17, 15) is 4.79 Å². The summed E-state index contributed by atoms with van der Waals surface area (Å²) in [6.45, 7) is 3.66. The van der Waals surface area contributed by atoms with Crippen LogP contribution in [0, 0.1) is 25.2 Å². The van der Waals surface area contributed by atoms with Crippen molar-refractivity contribution in [3.63, 3.8) is 0 Å². The van der Waals surface area contributed by atoms with Gasteiger partial charge < -0.3 is 10.7 Å². The van der Waals surface area contributed by atoms with Crippen molar-refractivity contribution in [2.24, 2.45) is 5.84 Å². The number of nitrogen functional groups attached to an aromatic ring is 1. The first-order chi connectivity index (χ1) is 10.0. The maximum atomic E-state index is 12.3. The van der Waals surface area contributed by atoms with E-state index < -0.39 is 0 Å². The third-order valence-corrected chi connectivity index (χ3v) is 3.06. The van der Waals surface area contributed by atoms with Crippen LogP contribution in [0.4, 0.5) is 11.4 Å². The van der Waals surface area contributed by atoms with Gasteiger partial charge in [0.2, 0.25) is 0 Å². The Morgan fingerprint density at radius 3 is 2.71 bits per heavy atom. The summed E-state index contributed by atoms with van der Waals surface area (Å²) < 4.78 is 0. The van der Waals surface area contributed by atoms with Gasteiger partial charge in [0.25, 0.3) is 5.91 Å². The van der Waals surface area contributed by atoms with Crippen LogP contribution in [0.25, 0.3) is 0 Å². The number of nitrogens with one attached hydrogen (secondary N) is 2.